The predicted octanol–water partition coefficient (Wildman–Crippen LogP) is -0.670. The van der Waals surface area contributed by atoms with Crippen molar-refractivity contribution < 1.29 is 0 Å². The Hall–Kier alpha value is -1.03. The summed E-state index contributed by atoms with van der Waals surface area (Å²) in [6.45, 7) is 0.377. The SMILES string of the molecule is NCc1ncncn1. The molecule has 0 saturated carbocycles. The van der Waals surface area contributed by atoms with Crippen LogP contribution in [-0.2, 0) is 6.54 Å². The minimum atomic E-state index is 0.377. The van der Waals surface area contributed by atoms with Crippen LogP contribution in [0.4, 0.5) is 0 Å². The van der Waals surface area contributed by atoms with Gasteiger partial charge in [-0.3, -0.25) is 0 Å². The molecule has 42 valence electrons. The lowest BCUT2D eigenvalue weighted by Crippen LogP contribution is -2.01. The van der Waals surface area contributed by atoms with Crippen molar-refractivity contribution in [3.05, 3.63) is 18.5 Å². The van der Waals surface area contributed by atoms with Crippen molar-refractivity contribution in [2.45, 2.75) is 6.54 Å². The number of rotatable bonds is 1. The number of hydrogen-bond donors (Lipinski definition) is 1. The van der Waals surface area contributed by atoms with Crippen LogP contribution in [0, 0.1) is 0 Å². The summed E-state index contributed by atoms with van der Waals surface area (Å²) in [5.74, 6) is 0.625. The highest BCUT2D eigenvalue weighted by Gasteiger charge is 1.84. The van der Waals surface area contributed by atoms with E-state index >= 15 is 0 Å². The molecule has 4 nitrogen and oxygen atoms in total. The molecule has 0 bridgehead atoms. The first kappa shape index (κ1) is 5.11. The zero-order valence-corrected chi connectivity index (χ0v) is 4.28. The monoisotopic (exact) mass is 110 g/mol. The Morgan fingerprint density at radius 3 is 2.38 bits per heavy atom. The van der Waals surface area contributed by atoms with Gasteiger partial charge in [-0.05, 0) is 0 Å². The van der Waals surface area contributed by atoms with Gasteiger partial charge in [-0.15, -0.1) is 0 Å². The molecule has 0 atom stereocenters. The Morgan fingerprint density at radius 1 is 1.38 bits per heavy atom. The average Bonchev–Trinajstić information content (AvgIpc) is 1.90. The Kier molecular flexibility index (Phi) is 1.48. The maximum absolute atomic E-state index is 5.20. The maximum Gasteiger partial charge on any atom is 0.145 e. The van der Waals surface area contributed by atoms with Crippen molar-refractivity contribution in [2.24, 2.45) is 5.73 Å². The minimum Gasteiger partial charge on any atom is -0.324 e. The lowest BCUT2D eigenvalue weighted by atomic mass is 10.6. The van der Waals surface area contributed by atoms with Crippen molar-refractivity contribution in [3.8, 4) is 0 Å². The van der Waals surface area contributed by atoms with Crippen LogP contribution in [0.5, 0.6) is 0 Å². The van der Waals surface area contributed by atoms with Gasteiger partial charge in [-0.2, -0.15) is 0 Å². The third-order valence-electron chi connectivity index (χ3n) is 0.729. The van der Waals surface area contributed by atoms with E-state index in [9.17, 15) is 0 Å². The van der Waals surface area contributed by atoms with Gasteiger partial charge in [-0.1, -0.05) is 0 Å². The summed E-state index contributed by atoms with van der Waals surface area (Å²) >= 11 is 0. The first-order valence-electron chi connectivity index (χ1n) is 2.24. The van der Waals surface area contributed by atoms with Crippen LogP contribution in [0.2, 0.25) is 0 Å². The van der Waals surface area contributed by atoms with Gasteiger partial charge in [0.15, 0.2) is 0 Å². The smallest absolute Gasteiger partial charge is 0.145 e. The van der Waals surface area contributed by atoms with Crippen molar-refractivity contribution in [2.75, 3.05) is 0 Å². The van der Waals surface area contributed by atoms with Crippen molar-refractivity contribution >= 4 is 0 Å². The molecule has 0 amide bonds. The Labute approximate surface area is 46.8 Å². The van der Waals surface area contributed by atoms with Gasteiger partial charge < -0.3 is 5.73 Å². The quantitative estimate of drug-likeness (QED) is 0.520. The van der Waals surface area contributed by atoms with E-state index in [1.165, 1.54) is 12.7 Å². The fourth-order valence-corrected chi connectivity index (χ4v) is 0.369. The molecule has 0 radical (unpaired) electrons. The van der Waals surface area contributed by atoms with E-state index in [0.717, 1.165) is 0 Å². The molecule has 4 heteroatoms. The molecule has 0 aliphatic rings. The maximum atomic E-state index is 5.20. The van der Waals surface area contributed by atoms with E-state index in [-0.39, 0.29) is 0 Å². The van der Waals surface area contributed by atoms with E-state index in [2.05, 4.69) is 15.0 Å². The highest BCUT2D eigenvalue weighted by atomic mass is 15.0. The largest absolute Gasteiger partial charge is 0.324 e. The lowest BCUT2D eigenvalue weighted by molar-refractivity contribution is 0.874. The van der Waals surface area contributed by atoms with Crippen LogP contribution in [0.25, 0.3) is 0 Å². The molecule has 0 unspecified atom stereocenters. The van der Waals surface area contributed by atoms with Crippen LogP contribution in [0.15, 0.2) is 12.7 Å². The summed E-state index contributed by atoms with van der Waals surface area (Å²) in [7, 11) is 0. The number of hydrogen-bond acceptors (Lipinski definition) is 4. The van der Waals surface area contributed by atoms with Gasteiger partial charge in [0.2, 0.25) is 0 Å². The van der Waals surface area contributed by atoms with E-state index in [1.54, 1.807) is 0 Å². The molecule has 1 heterocycles. The number of nitrogens with two attached hydrogens (primary N) is 1. The summed E-state index contributed by atoms with van der Waals surface area (Å²) in [5.41, 5.74) is 5.20. The second kappa shape index (κ2) is 2.32. The first-order chi connectivity index (χ1) is 3.93. The molecule has 1 rings (SSSR count). The number of nitrogens with zero attached hydrogens (tertiary/aromatic N) is 3. The molecule has 1 aromatic heterocycles. The van der Waals surface area contributed by atoms with E-state index in [0.29, 0.717) is 12.4 Å². The third kappa shape index (κ3) is 0.974. The molecule has 0 spiro atoms. The van der Waals surface area contributed by atoms with Gasteiger partial charge in [0.25, 0.3) is 0 Å². The molecule has 0 aliphatic carbocycles. The zero-order chi connectivity index (χ0) is 5.82. The van der Waals surface area contributed by atoms with Crippen LogP contribution in [0.3, 0.4) is 0 Å². The highest BCUT2D eigenvalue weighted by molar-refractivity contribution is 4.77. The highest BCUT2D eigenvalue weighted by Crippen LogP contribution is 1.77. The third-order valence-corrected chi connectivity index (χ3v) is 0.729. The lowest BCUT2D eigenvalue weighted by Gasteiger charge is -1.87. The van der Waals surface area contributed by atoms with Crippen molar-refractivity contribution in [1.29, 1.82) is 0 Å². The predicted molar refractivity (Wildman–Crippen MR) is 27.7 cm³/mol. The van der Waals surface area contributed by atoms with Crippen LogP contribution < -0.4 is 5.73 Å². The summed E-state index contributed by atoms with van der Waals surface area (Å²) in [6.07, 6.45) is 2.85. The van der Waals surface area contributed by atoms with Crippen molar-refractivity contribution in [3.63, 3.8) is 0 Å². The molecule has 1 aromatic rings. The Bertz CT molecular complexity index is 149. The zero-order valence-electron chi connectivity index (χ0n) is 4.28. The van der Waals surface area contributed by atoms with E-state index in [1.807, 2.05) is 0 Å². The van der Waals surface area contributed by atoms with Gasteiger partial charge in [0.05, 0.1) is 6.54 Å². The molecule has 0 fully saturated rings. The van der Waals surface area contributed by atoms with Gasteiger partial charge in [-0.25, -0.2) is 15.0 Å². The Morgan fingerprint density at radius 2 is 2.00 bits per heavy atom. The molecular formula is C4H6N4. The minimum absolute atomic E-state index is 0.377. The fraction of sp³-hybridized carbons (Fsp3) is 0.250. The summed E-state index contributed by atoms with van der Waals surface area (Å²) < 4.78 is 0. The molecule has 2 N–H and O–H groups in total. The standard InChI is InChI=1S/C4H6N4/c5-1-4-7-2-6-3-8-4/h2-3H,1,5H2. The summed E-state index contributed by atoms with van der Waals surface area (Å²) in [4.78, 5) is 11.1. The summed E-state index contributed by atoms with van der Waals surface area (Å²) in [6, 6.07) is 0. The van der Waals surface area contributed by atoms with Crippen LogP contribution in [-0.4, -0.2) is 15.0 Å². The molecule has 0 aliphatic heterocycles. The summed E-state index contributed by atoms with van der Waals surface area (Å²) in [5, 5.41) is 0. The molecular weight excluding hydrogens is 104 g/mol. The normalized spacial score (nSPS) is 9.12. The fourth-order valence-electron chi connectivity index (χ4n) is 0.369. The molecule has 0 saturated heterocycles. The first-order valence-corrected chi connectivity index (χ1v) is 2.24. The molecule has 0 aromatic carbocycles. The van der Waals surface area contributed by atoms with Gasteiger partial charge >= 0.3 is 0 Å². The average molecular weight is 110 g/mol. The second-order valence-corrected chi connectivity index (χ2v) is 1.26. The van der Waals surface area contributed by atoms with Gasteiger partial charge in [0, 0.05) is 0 Å². The molecule has 8 heavy (non-hydrogen) atoms. The van der Waals surface area contributed by atoms with Crippen LogP contribution in [0.1, 0.15) is 5.82 Å². The topological polar surface area (TPSA) is 64.7 Å². The van der Waals surface area contributed by atoms with E-state index < -0.39 is 0 Å². The Balaban J connectivity index is 2.83. The van der Waals surface area contributed by atoms with Crippen LogP contribution >= 0.6 is 0 Å². The number of aromatic nitrogens is 3. The van der Waals surface area contributed by atoms with Gasteiger partial charge in [0.1, 0.15) is 18.5 Å². The van der Waals surface area contributed by atoms with E-state index in [4.69, 9.17) is 5.73 Å². The second-order valence-electron chi connectivity index (χ2n) is 1.26. The van der Waals surface area contributed by atoms with Crippen molar-refractivity contribution in [1.82, 2.24) is 15.0 Å².